The molecule has 0 spiro atoms. The third-order valence-corrected chi connectivity index (χ3v) is 4.58. The van der Waals surface area contributed by atoms with E-state index in [0.29, 0.717) is 11.1 Å². The van der Waals surface area contributed by atoms with Gasteiger partial charge in [0.2, 0.25) is 0 Å². The van der Waals surface area contributed by atoms with E-state index in [1.54, 1.807) is 6.92 Å². The van der Waals surface area contributed by atoms with Crippen LogP contribution in [0.4, 0.5) is 8.78 Å². The Balaban J connectivity index is 1.95. The Morgan fingerprint density at radius 1 is 1.32 bits per heavy atom. The highest BCUT2D eigenvalue weighted by molar-refractivity contribution is 9.09. The Labute approximate surface area is 121 Å². The number of rotatable bonds is 4. The van der Waals surface area contributed by atoms with Gasteiger partial charge in [-0.1, -0.05) is 15.9 Å². The lowest BCUT2D eigenvalue weighted by molar-refractivity contribution is 0.0101. The molecule has 1 aromatic rings. The highest BCUT2D eigenvalue weighted by Crippen LogP contribution is 2.33. The average Bonchev–Trinajstić information content (AvgIpc) is 2.41. The largest absolute Gasteiger partial charge is 0.378 e. The predicted molar refractivity (Wildman–Crippen MR) is 75.6 cm³/mol. The number of halogens is 3. The van der Waals surface area contributed by atoms with Gasteiger partial charge >= 0.3 is 0 Å². The first-order valence-electron chi connectivity index (χ1n) is 6.79. The topological polar surface area (TPSA) is 9.23 Å². The molecule has 1 saturated heterocycles. The van der Waals surface area contributed by atoms with Crippen LogP contribution in [-0.4, -0.2) is 12.7 Å². The first kappa shape index (κ1) is 14.9. The molecule has 19 heavy (non-hydrogen) atoms. The summed E-state index contributed by atoms with van der Waals surface area (Å²) >= 11 is 3.46. The van der Waals surface area contributed by atoms with Crippen LogP contribution >= 0.6 is 15.9 Å². The maximum atomic E-state index is 13.8. The minimum atomic E-state index is -0.352. The number of benzene rings is 1. The molecule has 106 valence electrons. The molecule has 0 aromatic heterocycles. The zero-order valence-corrected chi connectivity index (χ0v) is 12.7. The standard InChI is InChI=1S/C15H19BrF2O/c1-10-8-15(18)12(9-14(10)17)13(16)6-5-11-4-2-3-7-19-11/h8-9,11,13H,2-7H2,1H3. The van der Waals surface area contributed by atoms with Crippen LogP contribution in [0.5, 0.6) is 0 Å². The zero-order chi connectivity index (χ0) is 13.8. The van der Waals surface area contributed by atoms with Crippen molar-refractivity contribution in [2.75, 3.05) is 6.61 Å². The van der Waals surface area contributed by atoms with E-state index in [0.717, 1.165) is 32.3 Å². The summed E-state index contributed by atoms with van der Waals surface area (Å²) in [6.45, 7) is 2.40. The average molecular weight is 333 g/mol. The van der Waals surface area contributed by atoms with E-state index in [4.69, 9.17) is 4.74 Å². The monoisotopic (exact) mass is 332 g/mol. The minimum absolute atomic E-state index is 0.159. The molecule has 2 rings (SSSR count). The molecule has 1 heterocycles. The summed E-state index contributed by atoms with van der Waals surface area (Å²) < 4.78 is 33.0. The van der Waals surface area contributed by atoms with Gasteiger partial charge in [0.15, 0.2) is 0 Å². The van der Waals surface area contributed by atoms with Crippen LogP contribution in [0, 0.1) is 18.6 Å². The number of hydrogen-bond acceptors (Lipinski definition) is 1. The van der Waals surface area contributed by atoms with E-state index in [9.17, 15) is 8.78 Å². The molecule has 0 aliphatic carbocycles. The molecule has 1 aliphatic rings. The van der Waals surface area contributed by atoms with Crippen molar-refractivity contribution in [3.63, 3.8) is 0 Å². The zero-order valence-electron chi connectivity index (χ0n) is 11.1. The smallest absolute Gasteiger partial charge is 0.128 e. The Kier molecular flexibility index (Phi) is 5.34. The highest BCUT2D eigenvalue weighted by atomic mass is 79.9. The van der Waals surface area contributed by atoms with Crippen LogP contribution in [0.1, 0.15) is 48.1 Å². The second-order valence-electron chi connectivity index (χ2n) is 5.16. The van der Waals surface area contributed by atoms with Crippen LogP contribution in [-0.2, 0) is 4.74 Å². The first-order valence-corrected chi connectivity index (χ1v) is 7.70. The molecule has 1 nitrogen and oxygen atoms in total. The quantitative estimate of drug-likeness (QED) is 0.700. The minimum Gasteiger partial charge on any atom is -0.378 e. The summed E-state index contributed by atoms with van der Waals surface area (Å²) in [7, 11) is 0. The highest BCUT2D eigenvalue weighted by Gasteiger charge is 2.19. The summed E-state index contributed by atoms with van der Waals surface area (Å²) in [6.07, 6.45) is 5.31. The third kappa shape index (κ3) is 3.99. The predicted octanol–water partition coefficient (Wildman–Crippen LogP) is 5.06. The molecule has 1 aliphatic heterocycles. The Morgan fingerprint density at radius 3 is 2.79 bits per heavy atom. The van der Waals surface area contributed by atoms with Gasteiger partial charge in [0.1, 0.15) is 11.6 Å². The van der Waals surface area contributed by atoms with Crippen molar-refractivity contribution < 1.29 is 13.5 Å². The third-order valence-electron chi connectivity index (χ3n) is 3.63. The summed E-state index contributed by atoms with van der Waals surface area (Å²) in [5.74, 6) is -0.694. The summed E-state index contributed by atoms with van der Waals surface area (Å²) in [4.78, 5) is -0.159. The molecule has 0 bridgehead atoms. The Bertz CT molecular complexity index is 430. The molecule has 2 atom stereocenters. The molecule has 0 radical (unpaired) electrons. The summed E-state index contributed by atoms with van der Waals surface area (Å²) in [5.41, 5.74) is 0.746. The lowest BCUT2D eigenvalue weighted by Gasteiger charge is -2.23. The van der Waals surface area contributed by atoms with Gasteiger partial charge in [-0.25, -0.2) is 8.78 Å². The van der Waals surface area contributed by atoms with Gasteiger partial charge in [0.25, 0.3) is 0 Å². The second-order valence-corrected chi connectivity index (χ2v) is 6.26. The van der Waals surface area contributed by atoms with E-state index >= 15 is 0 Å². The van der Waals surface area contributed by atoms with Crippen molar-refractivity contribution in [1.29, 1.82) is 0 Å². The molecule has 0 saturated carbocycles. The van der Waals surface area contributed by atoms with Crippen LogP contribution < -0.4 is 0 Å². The molecule has 1 aromatic carbocycles. The van der Waals surface area contributed by atoms with Crippen molar-refractivity contribution in [3.05, 3.63) is 34.9 Å². The van der Waals surface area contributed by atoms with Gasteiger partial charge in [-0.3, -0.25) is 0 Å². The van der Waals surface area contributed by atoms with Crippen molar-refractivity contribution in [1.82, 2.24) is 0 Å². The van der Waals surface area contributed by atoms with E-state index in [2.05, 4.69) is 15.9 Å². The SMILES string of the molecule is Cc1cc(F)c(C(Br)CCC2CCCCO2)cc1F. The Morgan fingerprint density at radius 2 is 2.11 bits per heavy atom. The van der Waals surface area contributed by atoms with Crippen molar-refractivity contribution in [2.45, 2.75) is 50.0 Å². The van der Waals surface area contributed by atoms with Crippen LogP contribution in [0.2, 0.25) is 0 Å². The van der Waals surface area contributed by atoms with Crippen LogP contribution in [0.15, 0.2) is 12.1 Å². The molecule has 1 fully saturated rings. The van der Waals surface area contributed by atoms with E-state index < -0.39 is 0 Å². The van der Waals surface area contributed by atoms with Crippen molar-refractivity contribution in [3.8, 4) is 0 Å². The number of ether oxygens (including phenoxy) is 1. The van der Waals surface area contributed by atoms with Gasteiger partial charge in [-0.2, -0.15) is 0 Å². The van der Waals surface area contributed by atoms with Gasteiger partial charge in [-0.15, -0.1) is 0 Å². The number of alkyl halides is 1. The van der Waals surface area contributed by atoms with Gasteiger partial charge in [0.05, 0.1) is 6.10 Å². The van der Waals surface area contributed by atoms with Crippen LogP contribution in [0.3, 0.4) is 0 Å². The van der Waals surface area contributed by atoms with E-state index in [1.807, 2.05) is 0 Å². The first-order chi connectivity index (χ1) is 9.08. The maximum absolute atomic E-state index is 13.8. The van der Waals surface area contributed by atoms with Gasteiger partial charge in [-0.05, 0) is 56.7 Å². The van der Waals surface area contributed by atoms with Crippen LogP contribution in [0.25, 0.3) is 0 Å². The molecule has 0 amide bonds. The fourth-order valence-corrected chi connectivity index (χ4v) is 3.04. The van der Waals surface area contributed by atoms with E-state index in [-0.39, 0.29) is 22.6 Å². The van der Waals surface area contributed by atoms with Crippen molar-refractivity contribution >= 4 is 15.9 Å². The number of hydrogen-bond donors (Lipinski definition) is 0. The fourth-order valence-electron chi connectivity index (χ4n) is 2.42. The molecule has 0 N–H and O–H groups in total. The van der Waals surface area contributed by atoms with Crippen molar-refractivity contribution in [2.24, 2.45) is 0 Å². The number of aryl methyl sites for hydroxylation is 1. The summed E-state index contributed by atoms with van der Waals surface area (Å²) in [5, 5.41) is 0. The lowest BCUT2D eigenvalue weighted by atomic mass is 10.00. The lowest BCUT2D eigenvalue weighted by Crippen LogP contribution is -2.19. The fraction of sp³-hybridized carbons (Fsp3) is 0.600. The molecular formula is C15H19BrF2O. The molecule has 4 heteroatoms. The van der Waals surface area contributed by atoms with Gasteiger partial charge < -0.3 is 4.74 Å². The summed E-state index contributed by atoms with van der Waals surface area (Å²) in [6, 6.07) is 2.56. The Hall–Kier alpha value is -0.480. The maximum Gasteiger partial charge on any atom is 0.128 e. The molecule has 2 unspecified atom stereocenters. The normalized spacial score (nSPS) is 21.4. The second kappa shape index (κ2) is 6.80. The molecular weight excluding hydrogens is 314 g/mol. The van der Waals surface area contributed by atoms with E-state index in [1.165, 1.54) is 18.6 Å². The van der Waals surface area contributed by atoms with Gasteiger partial charge in [0, 0.05) is 17.0 Å².